The second-order valence-electron chi connectivity index (χ2n) is 20.1. The lowest BCUT2D eigenvalue weighted by molar-refractivity contribution is -0.265. The summed E-state index contributed by atoms with van der Waals surface area (Å²) in [6.07, 6.45) is 17.0. The van der Waals surface area contributed by atoms with Gasteiger partial charge in [-0.25, -0.2) is 4.79 Å². The first-order valence-corrected chi connectivity index (χ1v) is 24.3. The molecule has 3 fully saturated rings. The van der Waals surface area contributed by atoms with Gasteiger partial charge < -0.3 is 38.8 Å². The molecule has 4 rings (SSSR count). The van der Waals surface area contributed by atoms with Gasteiger partial charge in [-0.1, -0.05) is 78.0 Å². The van der Waals surface area contributed by atoms with Gasteiger partial charge in [0.1, 0.15) is 24.4 Å². The fourth-order valence-electron chi connectivity index (χ4n) is 10.5. The Bertz CT molecular complexity index is 1670. The molecular formula is C52H83NO11. The van der Waals surface area contributed by atoms with E-state index in [-0.39, 0.29) is 48.2 Å². The summed E-state index contributed by atoms with van der Waals surface area (Å²) in [5.74, 6) is -5.18. The molecule has 1 saturated carbocycles. The summed E-state index contributed by atoms with van der Waals surface area (Å²) in [6, 6.07) is -0.986. The van der Waals surface area contributed by atoms with E-state index >= 15 is 0 Å². The van der Waals surface area contributed by atoms with Gasteiger partial charge in [0.2, 0.25) is 5.79 Å². The van der Waals surface area contributed by atoms with E-state index in [4.69, 9.17) is 23.7 Å². The number of carbonyl (C=O) groups excluding carboxylic acids is 4. The number of fused-ring (bicyclic) bond motifs is 3. The lowest BCUT2D eigenvalue weighted by Crippen LogP contribution is -2.61. The molecule has 12 heteroatoms. The zero-order chi connectivity index (χ0) is 47.3. The molecule has 2 bridgehead atoms. The molecule has 1 amide bonds. The molecule has 12 nitrogen and oxygen atoms in total. The van der Waals surface area contributed by atoms with Gasteiger partial charge in [-0.05, 0) is 132 Å². The van der Waals surface area contributed by atoms with Crippen molar-refractivity contribution in [2.75, 3.05) is 27.9 Å². The number of amides is 1. The average Bonchev–Trinajstić information content (AvgIpc) is 3.27. The Morgan fingerprint density at radius 2 is 1.55 bits per heavy atom. The van der Waals surface area contributed by atoms with Crippen molar-refractivity contribution in [1.29, 1.82) is 0 Å². The fraction of sp³-hybridized carbons (Fsp3) is 0.769. The van der Waals surface area contributed by atoms with Crippen LogP contribution in [0.3, 0.4) is 0 Å². The van der Waals surface area contributed by atoms with Gasteiger partial charge in [0.05, 0.1) is 18.3 Å². The molecule has 0 radical (unpaired) electrons. The number of hydrogen-bond acceptors (Lipinski definition) is 11. The summed E-state index contributed by atoms with van der Waals surface area (Å²) in [4.78, 5) is 57.9. The number of cyclic esters (lactones) is 1. The van der Waals surface area contributed by atoms with Crippen molar-refractivity contribution in [3.05, 3.63) is 47.6 Å². The maximum absolute atomic E-state index is 14.4. The molecule has 3 aliphatic heterocycles. The summed E-state index contributed by atoms with van der Waals surface area (Å²) in [7, 11) is 4.83. The van der Waals surface area contributed by atoms with Crippen LogP contribution in [-0.4, -0.2) is 115 Å². The second-order valence-corrected chi connectivity index (χ2v) is 20.1. The van der Waals surface area contributed by atoms with E-state index < -0.39 is 59.8 Å². The third kappa shape index (κ3) is 14.3. The number of ether oxygens (including phenoxy) is 5. The molecular weight excluding hydrogens is 815 g/mol. The third-order valence-electron chi connectivity index (χ3n) is 14.9. The van der Waals surface area contributed by atoms with Gasteiger partial charge in [0.25, 0.3) is 11.7 Å². The van der Waals surface area contributed by atoms with E-state index in [1.165, 1.54) is 12.0 Å². The first-order chi connectivity index (χ1) is 30.3. The van der Waals surface area contributed by atoms with Crippen molar-refractivity contribution in [2.45, 2.75) is 187 Å². The van der Waals surface area contributed by atoms with Crippen LogP contribution in [0.5, 0.6) is 0 Å². The minimum atomic E-state index is -2.36. The van der Waals surface area contributed by atoms with Crippen molar-refractivity contribution in [2.24, 2.45) is 41.4 Å². The molecule has 15 atom stereocenters. The molecule has 2 N–H and O–H groups in total. The minimum Gasteiger partial charge on any atom is -0.461 e. The molecule has 0 aromatic heterocycles. The van der Waals surface area contributed by atoms with Crippen LogP contribution in [-0.2, 0) is 42.9 Å². The monoisotopic (exact) mass is 898 g/mol. The number of methoxy groups -OCH3 is 3. The van der Waals surface area contributed by atoms with Crippen LogP contribution in [0.2, 0.25) is 0 Å². The van der Waals surface area contributed by atoms with E-state index in [9.17, 15) is 29.4 Å². The molecule has 3 heterocycles. The van der Waals surface area contributed by atoms with Gasteiger partial charge in [-0.3, -0.25) is 14.4 Å². The number of carbonyl (C=O) groups is 4. The molecule has 0 unspecified atom stereocenters. The predicted molar refractivity (Wildman–Crippen MR) is 248 cm³/mol. The fourth-order valence-corrected chi connectivity index (χ4v) is 10.5. The van der Waals surface area contributed by atoms with Gasteiger partial charge >= 0.3 is 5.97 Å². The minimum absolute atomic E-state index is 0.0183. The van der Waals surface area contributed by atoms with E-state index in [0.717, 1.165) is 31.3 Å². The Morgan fingerprint density at radius 1 is 0.812 bits per heavy atom. The van der Waals surface area contributed by atoms with Crippen molar-refractivity contribution in [3.8, 4) is 0 Å². The number of ketones is 2. The summed E-state index contributed by atoms with van der Waals surface area (Å²) >= 11 is 0. The normalized spacial score (nSPS) is 39.5. The highest BCUT2D eigenvalue weighted by Crippen LogP contribution is 2.38. The smallest absolute Gasteiger partial charge is 0.329 e. The van der Waals surface area contributed by atoms with E-state index in [2.05, 4.69) is 20.8 Å². The molecule has 0 aromatic carbocycles. The number of nitrogens with zero attached hydrogens (tertiary/aromatic N) is 1. The summed E-state index contributed by atoms with van der Waals surface area (Å²) in [5, 5.41) is 23.4. The Hall–Kier alpha value is -3.00. The van der Waals surface area contributed by atoms with Crippen LogP contribution >= 0.6 is 0 Å². The summed E-state index contributed by atoms with van der Waals surface area (Å²) in [6.45, 7) is 16.0. The number of aliphatic hydroxyl groups is 2. The Labute approximate surface area is 384 Å². The lowest BCUT2D eigenvalue weighted by atomic mass is 9.76. The van der Waals surface area contributed by atoms with Gasteiger partial charge in [-0.15, -0.1) is 0 Å². The number of allylic oxidation sites excluding steroid dienone is 6. The highest BCUT2D eigenvalue weighted by atomic mass is 16.6. The number of esters is 1. The Balaban J connectivity index is 1.67. The zero-order valence-corrected chi connectivity index (χ0v) is 41.0. The number of Topliss-reactive ketones (excluding diaryl/α,β-unsaturated/α-hetero) is 2. The highest BCUT2D eigenvalue weighted by Gasteiger charge is 2.53. The largest absolute Gasteiger partial charge is 0.461 e. The van der Waals surface area contributed by atoms with Crippen LogP contribution in [0.4, 0.5) is 0 Å². The van der Waals surface area contributed by atoms with Crippen LogP contribution in [0.25, 0.3) is 0 Å². The van der Waals surface area contributed by atoms with Crippen LogP contribution in [0.1, 0.15) is 139 Å². The molecule has 2 saturated heterocycles. The SMILES string of the molecule is CO[C@H]1C[C@@H]2CC[C@@H](C)[C@@](O)(O2)C(=O)C(=O)N2CCCC[C@H]2C(=O)O[C@H]([C@H](C)C[C@@H]2CC[C@H](C)[C@H](OC)C2)CC[C@H](C)/C=C(\C)[C@@H](O)[C@@H](OC)C(=O)[C@H](C)C[C@H](C)/C=C/C=CC=C1C. The van der Waals surface area contributed by atoms with Crippen LogP contribution in [0, 0.1) is 41.4 Å². The average molecular weight is 898 g/mol. The van der Waals surface area contributed by atoms with Gasteiger partial charge in [0.15, 0.2) is 5.78 Å². The summed E-state index contributed by atoms with van der Waals surface area (Å²) in [5.41, 5.74) is 1.55. The quantitative estimate of drug-likeness (QED) is 0.150. The predicted octanol–water partition coefficient (Wildman–Crippen LogP) is 8.28. The Kier molecular flexibility index (Phi) is 21.1. The van der Waals surface area contributed by atoms with Crippen molar-refractivity contribution < 1.29 is 53.1 Å². The van der Waals surface area contributed by atoms with E-state index in [1.807, 2.05) is 64.2 Å². The first kappa shape index (κ1) is 53.6. The first-order valence-electron chi connectivity index (χ1n) is 24.3. The van der Waals surface area contributed by atoms with Gasteiger partial charge in [-0.2, -0.15) is 0 Å². The third-order valence-corrected chi connectivity index (χ3v) is 14.9. The van der Waals surface area contributed by atoms with Gasteiger partial charge in [0, 0.05) is 46.1 Å². The lowest BCUT2D eigenvalue weighted by Gasteiger charge is -2.42. The maximum atomic E-state index is 14.4. The van der Waals surface area contributed by atoms with Crippen molar-refractivity contribution >= 4 is 23.4 Å². The number of aliphatic hydroxyl groups excluding tert-OH is 1. The number of rotatable bonds is 6. The molecule has 64 heavy (non-hydrogen) atoms. The highest BCUT2D eigenvalue weighted by molar-refractivity contribution is 6.39. The number of hydrogen-bond donors (Lipinski definition) is 2. The molecule has 0 aromatic rings. The molecule has 1 aliphatic carbocycles. The standard InChI is InChI=1S/C52H83NO11/c1-32-17-13-12-14-18-34(3)45(61-10)31-41-24-22-39(8)52(59,64-41)49(56)50(57)53-26-16-15-19-42(53)51(58)63-43(36(5)29-40-23-21-35(4)44(30-40)60-9)25-20-33(2)28-38(7)47(55)48(62-11)46(54)37(6)27-32/h12-14,17-18,28,32-33,35-37,39-45,47-48,55,59H,15-16,19-27,29-31H2,1-11H3/b14-12?,17-13+,34-18?,38-28+/t32-,33+,35+,36-,37-,39-,40+,41+,42+,43+,44-,45+,47-,48+,52-/m1/s1. The maximum Gasteiger partial charge on any atom is 0.329 e. The van der Waals surface area contributed by atoms with Crippen LogP contribution < -0.4 is 0 Å². The van der Waals surface area contributed by atoms with E-state index in [1.54, 1.807) is 21.1 Å². The van der Waals surface area contributed by atoms with Crippen molar-refractivity contribution in [1.82, 2.24) is 4.90 Å². The van der Waals surface area contributed by atoms with Crippen LogP contribution in [0.15, 0.2) is 47.6 Å². The van der Waals surface area contributed by atoms with E-state index in [0.29, 0.717) is 75.2 Å². The Morgan fingerprint density at radius 3 is 2.23 bits per heavy atom. The topological polar surface area (TPSA) is 158 Å². The molecule has 0 spiro atoms. The van der Waals surface area contributed by atoms with Crippen molar-refractivity contribution in [3.63, 3.8) is 0 Å². The zero-order valence-electron chi connectivity index (χ0n) is 41.0. The molecule has 4 aliphatic rings. The number of piperidine rings is 1. The second kappa shape index (κ2) is 25.2. The molecule has 362 valence electrons. The summed E-state index contributed by atoms with van der Waals surface area (Å²) < 4.78 is 30.0.